The Bertz CT molecular complexity index is 919. The Balaban J connectivity index is 1.62. The molecule has 0 aliphatic carbocycles. The average Bonchev–Trinajstić information content (AvgIpc) is 2.91. The molecule has 1 N–H and O–H groups in total. The fraction of sp³-hybridized carbons (Fsp3) is 0.348. The first-order valence-corrected chi connectivity index (χ1v) is 9.66. The van der Waals surface area contributed by atoms with Crippen LogP contribution in [0.2, 0.25) is 0 Å². The van der Waals surface area contributed by atoms with Crippen LogP contribution in [0, 0.1) is 6.92 Å². The Morgan fingerprint density at radius 2 is 1.69 bits per heavy atom. The van der Waals surface area contributed by atoms with E-state index in [0.29, 0.717) is 11.5 Å². The van der Waals surface area contributed by atoms with Crippen molar-refractivity contribution >= 4 is 17.9 Å². The molecule has 3 amide bonds. The number of rotatable bonds is 6. The minimum absolute atomic E-state index is 0.0933. The largest absolute Gasteiger partial charge is 0.459 e. The lowest BCUT2D eigenvalue weighted by Gasteiger charge is -2.22. The van der Waals surface area contributed by atoms with Gasteiger partial charge in [-0.2, -0.15) is 0 Å². The van der Waals surface area contributed by atoms with E-state index < -0.39 is 30.0 Å². The van der Waals surface area contributed by atoms with Crippen molar-refractivity contribution in [2.24, 2.45) is 0 Å². The van der Waals surface area contributed by atoms with Gasteiger partial charge in [-0.1, -0.05) is 67.9 Å². The van der Waals surface area contributed by atoms with Gasteiger partial charge in [-0.05, 0) is 36.5 Å². The van der Waals surface area contributed by atoms with Crippen LogP contribution in [0.1, 0.15) is 48.9 Å². The first-order valence-electron chi connectivity index (χ1n) is 9.66. The predicted molar refractivity (Wildman–Crippen MR) is 109 cm³/mol. The molecule has 2 aromatic rings. The highest BCUT2D eigenvalue weighted by atomic mass is 16.5. The Morgan fingerprint density at radius 3 is 2.28 bits per heavy atom. The number of esters is 1. The van der Waals surface area contributed by atoms with Gasteiger partial charge in [0.05, 0.1) is 0 Å². The zero-order valence-electron chi connectivity index (χ0n) is 17.2. The Hall–Kier alpha value is -3.15. The van der Waals surface area contributed by atoms with Gasteiger partial charge in [-0.3, -0.25) is 14.5 Å². The molecular weight excluding hydrogens is 368 g/mol. The molecule has 1 atom stereocenters. The number of hydrogen-bond acceptors (Lipinski definition) is 4. The highest BCUT2D eigenvalue weighted by Crippen LogP contribution is 2.29. The van der Waals surface area contributed by atoms with Gasteiger partial charge in [-0.15, -0.1) is 0 Å². The van der Waals surface area contributed by atoms with Gasteiger partial charge >= 0.3 is 12.0 Å². The lowest BCUT2D eigenvalue weighted by Crippen LogP contribution is -2.41. The predicted octanol–water partition coefficient (Wildman–Crippen LogP) is 3.63. The third-order valence-electron chi connectivity index (χ3n) is 5.24. The van der Waals surface area contributed by atoms with Crippen molar-refractivity contribution in [2.75, 3.05) is 6.54 Å². The molecule has 0 bridgehead atoms. The SMILES string of the molecule is Cc1ccc([C@]2(C)NC(=O)N(CC(=O)OCc3ccc(C(C)C)cc3)C2=O)cc1. The van der Waals surface area contributed by atoms with Gasteiger partial charge in [-0.25, -0.2) is 4.79 Å². The summed E-state index contributed by atoms with van der Waals surface area (Å²) in [6, 6.07) is 14.6. The fourth-order valence-corrected chi connectivity index (χ4v) is 3.26. The summed E-state index contributed by atoms with van der Waals surface area (Å²) in [5, 5.41) is 2.69. The van der Waals surface area contributed by atoms with Crippen molar-refractivity contribution in [3.63, 3.8) is 0 Å². The van der Waals surface area contributed by atoms with Crippen molar-refractivity contribution in [1.29, 1.82) is 0 Å². The lowest BCUT2D eigenvalue weighted by molar-refractivity contribution is -0.148. The second kappa shape index (κ2) is 8.07. The minimum Gasteiger partial charge on any atom is -0.459 e. The average molecular weight is 394 g/mol. The topological polar surface area (TPSA) is 75.7 Å². The summed E-state index contributed by atoms with van der Waals surface area (Å²) in [7, 11) is 0. The molecule has 1 aliphatic heterocycles. The van der Waals surface area contributed by atoms with E-state index in [1.165, 1.54) is 5.56 Å². The quantitative estimate of drug-likeness (QED) is 0.600. The molecule has 1 aliphatic rings. The summed E-state index contributed by atoms with van der Waals surface area (Å²) in [6.07, 6.45) is 0. The maximum atomic E-state index is 12.9. The van der Waals surface area contributed by atoms with Gasteiger partial charge in [0.1, 0.15) is 18.7 Å². The number of ether oxygens (including phenoxy) is 1. The fourth-order valence-electron chi connectivity index (χ4n) is 3.26. The number of aryl methyl sites for hydroxylation is 1. The zero-order valence-corrected chi connectivity index (χ0v) is 17.2. The minimum atomic E-state index is -1.20. The van der Waals surface area contributed by atoms with Crippen LogP contribution in [-0.2, 0) is 26.5 Å². The number of imide groups is 1. The third kappa shape index (κ3) is 4.31. The molecule has 29 heavy (non-hydrogen) atoms. The molecule has 0 radical (unpaired) electrons. The van der Waals surface area contributed by atoms with E-state index >= 15 is 0 Å². The molecule has 152 valence electrons. The molecule has 0 unspecified atom stereocenters. The monoisotopic (exact) mass is 394 g/mol. The van der Waals surface area contributed by atoms with E-state index in [0.717, 1.165) is 16.0 Å². The molecule has 6 heteroatoms. The van der Waals surface area contributed by atoms with Crippen LogP contribution in [0.4, 0.5) is 4.79 Å². The molecule has 0 spiro atoms. The second-order valence-corrected chi connectivity index (χ2v) is 7.87. The summed E-state index contributed by atoms with van der Waals surface area (Å²) in [6.45, 7) is 7.47. The van der Waals surface area contributed by atoms with Crippen LogP contribution in [-0.4, -0.2) is 29.4 Å². The number of benzene rings is 2. The number of nitrogens with zero attached hydrogens (tertiary/aromatic N) is 1. The molecule has 6 nitrogen and oxygen atoms in total. The van der Waals surface area contributed by atoms with Gasteiger partial charge in [0.2, 0.25) is 0 Å². The second-order valence-electron chi connectivity index (χ2n) is 7.87. The molecule has 1 heterocycles. The highest BCUT2D eigenvalue weighted by Gasteiger charge is 2.49. The number of carbonyl (C=O) groups excluding carboxylic acids is 3. The molecule has 0 aromatic heterocycles. The molecular formula is C23H26N2O4. The number of amides is 3. The Morgan fingerprint density at radius 1 is 1.07 bits per heavy atom. The van der Waals surface area contributed by atoms with E-state index in [1.54, 1.807) is 19.1 Å². The van der Waals surface area contributed by atoms with Crippen molar-refractivity contribution < 1.29 is 19.1 Å². The van der Waals surface area contributed by atoms with Gasteiger partial charge < -0.3 is 10.1 Å². The maximum absolute atomic E-state index is 12.9. The van der Waals surface area contributed by atoms with Crippen molar-refractivity contribution in [3.8, 4) is 0 Å². The summed E-state index contributed by atoms with van der Waals surface area (Å²) in [4.78, 5) is 38.3. The lowest BCUT2D eigenvalue weighted by atomic mass is 9.91. The van der Waals surface area contributed by atoms with Gasteiger partial charge in [0.15, 0.2) is 0 Å². The molecule has 3 rings (SSSR count). The van der Waals surface area contributed by atoms with E-state index in [4.69, 9.17) is 4.74 Å². The summed E-state index contributed by atoms with van der Waals surface area (Å²) in [5.41, 5.74) is 2.58. The normalized spacial score (nSPS) is 18.9. The Kier molecular flexibility index (Phi) is 5.73. The number of urea groups is 1. The molecule has 0 saturated carbocycles. The number of carbonyl (C=O) groups is 3. The van der Waals surface area contributed by atoms with Crippen molar-refractivity contribution in [3.05, 3.63) is 70.8 Å². The third-order valence-corrected chi connectivity index (χ3v) is 5.24. The van der Waals surface area contributed by atoms with Crippen LogP contribution < -0.4 is 5.32 Å². The van der Waals surface area contributed by atoms with Crippen LogP contribution >= 0.6 is 0 Å². The van der Waals surface area contributed by atoms with Gasteiger partial charge in [0.25, 0.3) is 5.91 Å². The number of hydrogen-bond donors (Lipinski definition) is 1. The summed E-state index contributed by atoms with van der Waals surface area (Å²) < 4.78 is 5.26. The van der Waals surface area contributed by atoms with Crippen LogP contribution in [0.5, 0.6) is 0 Å². The highest BCUT2D eigenvalue weighted by molar-refractivity contribution is 6.08. The van der Waals surface area contributed by atoms with Crippen molar-refractivity contribution in [1.82, 2.24) is 10.2 Å². The van der Waals surface area contributed by atoms with Crippen LogP contribution in [0.3, 0.4) is 0 Å². The summed E-state index contributed by atoms with van der Waals surface area (Å²) >= 11 is 0. The molecule has 2 aromatic carbocycles. The van der Waals surface area contributed by atoms with E-state index in [-0.39, 0.29) is 6.61 Å². The van der Waals surface area contributed by atoms with Crippen LogP contribution in [0.25, 0.3) is 0 Å². The van der Waals surface area contributed by atoms with E-state index in [1.807, 2.05) is 43.3 Å². The molecule has 1 fully saturated rings. The maximum Gasteiger partial charge on any atom is 0.326 e. The first kappa shape index (κ1) is 20.6. The number of nitrogens with one attached hydrogen (secondary N) is 1. The first-order chi connectivity index (χ1) is 13.7. The van der Waals surface area contributed by atoms with Gasteiger partial charge in [0, 0.05) is 0 Å². The Labute approximate surface area is 170 Å². The van der Waals surface area contributed by atoms with Crippen LogP contribution in [0.15, 0.2) is 48.5 Å². The zero-order chi connectivity index (χ0) is 21.2. The van der Waals surface area contributed by atoms with E-state index in [9.17, 15) is 14.4 Å². The standard InChI is InChI=1S/C23H26N2O4/c1-15(2)18-9-7-17(8-10-18)14-29-20(26)13-25-21(27)23(4,24-22(25)28)19-11-5-16(3)6-12-19/h5-12,15H,13-14H2,1-4H3,(H,24,28)/t23-/m0/s1. The van der Waals surface area contributed by atoms with E-state index in [2.05, 4.69) is 19.2 Å². The smallest absolute Gasteiger partial charge is 0.326 e. The summed E-state index contributed by atoms with van der Waals surface area (Å²) in [5.74, 6) is -0.673. The van der Waals surface area contributed by atoms with Crippen molar-refractivity contribution in [2.45, 2.75) is 45.8 Å². The molecule has 1 saturated heterocycles.